The van der Waals surface area contributed by atoms with E-state index in [1.807, 2.05) is 25.1 Å². The van der Waals surface area contributed by atoms with Crippen LogP contribution in [0.4, 0.5) is 17.3 Å². The van der Waals surface area contributed by atoms with Crippen LogP contribution >= 0.6 is 0 Å². The first-order valence-electron chi connectivity index (χ1n) is 6.09. The molecule has 0 atom stereocenters. The van der Waals surface area contributed by atoms with E-state index in [1.165, 1.54) is 12.1 Å². The normalized spacial score (nSPS) is 10.1. The Morgan fingerprint density at radius 2 is 2.00 bits per heavy atom. The van der Waals surface area contributed by atoms with Crippen LogP contribution in [0, 0.1) is 17.0 Å². The first-order valence-corrected chi connectivity index (χ1v) is 6.09. The van der Waals surface area contributed by atoms with E-state index < -0.39 is 4.92 Å². The molecule has 2 rings (SSSR count). The van der Waals surface area contributed by atoms with E-state index in [-0.39, 0.29) is 5.69 Å². The topological polar surface area (TPSA) is 93.0 Å². The van der Waals surface area contributed by atoms with Gasteiger partial charge in [-0.15, -0.1) is 0 Å². The lowest BCUT2D eigenvalue weighted by atomic mass is 10.3. The summed E-state index contributed by atoms with van der Waals surface area (Å²) >= 11 is 0. The predicted molar refractivity (Wildman–Crippen MR) is 76.7 cm³/mol. The van der Waals surface area contributed by atoms with Crippen molar-refractivity contribution in [2.45, 2.75) is 13.5 Å². The fraction of sp³-hybridized carbons (Fsp3) is 0.231. The van der Waals surface area contributed by atoms with Crippen molar-refractivity contribution in [2.24, 2.45) is 0 Å². The molecular weight excluding hydrogens is 258 g/mol. The molecule has 20 heavy (non-hydrogen) atoms. The fourth-order valence-corrected chi connectivity index (χ4v) is 1.72. The maximum absolute atomic E-state index is 10.9. The molecule has 0 saturated carbocycles. The predicted octanol–water partition coefficient (Wildman–Crippen LogP) is 2.35. The molecule has 7 heteroatoms. The van der Waals surface area contributed by atoms with Gasteiger partial charge < -0.3 is 10.6 Å². The highest BCUT2D eigenvalue weighted by Gasteiger charge is 2.10. The van der Waals surface area contributed by atoms with Gasteiger partial charge in [0, 0.05) is 12.7 Å². The van der Waals surface area contributed by atoms with Crippen LogP contribution in [0.25, 0.3) is 0 Å². The van der Waals surface area contributed by atoms with Crippen molar-refractivity contribution in [1.82, 2.24) is 9.97 Å². The molecular formula is C13H15N5O2. The number of pyridine rings is 2. The van der Waals surface area contributed by atoms with Gasteiger partial charge in [0.05, 0.1) is 29.3 Å². The van der Waals surface area contributed by atoms with Gasteiger partial charge in [-0.25, -0.2) is 4.98 Å². The molecule has 2 aromatic rings. The second-order valence-corrected chi connectivity index (χ2v) is 4.23. The lowest BCUT2D eigenvalue weighted by Gasteiger charge is -2.07. The van der Waals surface area contributed by atoms with Gasteiger partial charge in [-0.2, -0.15) is 0 Å². The Balaban J connectivity index is 2.16. The summed E-state index contributed by atoms with van der Waals surface area (Å²) in [5.41, 5.74) is 1.76. The van der Waals surface area contributed by atoms with E-state index in [2.05, 4.69) is 20.6 Å². The fourth-order valence-electron chi connectivity index (χ4n) is 1.72. The van der Waals surface area contributed by atoms with Crippen LogP contribution in [0.15, 0.2) is 30.3 Å². The van der Waals surface area contributed by atoms with Crippen LogP contribution in [0.1, 0.15) is 11.4 Å². The number of rotatable bonds is 5. The highest BCUT2D eigenvalue weighted by atomic mass is 16.6. The van der Waals surface area contributed by atoms with Crippen LogP contribution in [0.3, 0.4) is 0 Å². The van der Waals surface area contributed by atoms with Crippen molar-refractivity contribution in [3.05, 3.63) is 51.8 Å². The Hall–Kier alpha value is -2.70. The number of nitrogens with zero attached hydrogens (tertiary/aromatic N) is 3. The van der Waals surface area contributed by atoms with Crippen LogP contribution in [0.2, 0.25) is 0 Å². The first kappa shape index (κ1) is 13.7. The summed E-state index contributed by atoms with van der Waals surface area (Å²) in [6.45, 7) is 2.37. The minimum atomic E-state index is -0.446. The molecule has 104 valence electrons. The quantitative estimate of drug-likeness (QED) is 0.641. The summed E-state index contributed by atoms with van der Waals surface area (Å²) in [5, 5.41) is 16.7. The zero-order valence-electron chi connectivity index (χ0n) is 11.3. The molecule has 0 aliphatic heterocycles. The smallest absolute Gasteiger partial charge is 0.276 e. The minimum Gasteiger partial charge on any atom is -0.373 e. The summed E-state index contributed by atoms with van der Waals surface area (Å²) < 4.78 is 0. The maximum atomic E-state index is 10.9. The standard InChI is InChI=1S/C13H15N5O2/c1-9-4-3-5-10(16-9)8-15-13-7-11(18(19)20)6-12(14-2)17-13/h3-7H,8H2,1-2H3,(H2,14,15,17). The molecule has 0 fully saturated rings. The highest BCUT2D eigenvalue weighted by Crippen LogP contribution is 2.20. The van der Waals surface area contributed by atoms with Crippen molar-refractivity contribution in [2.75, 3.05) is 17.7 Å². The second kappa shape index (κ2) is 5.96. The van der Waals surface area contributed by atoms with Gasteiger partial charge in [0.2, 0.25) is 0 Å². The SMILES string of the molecule is CNc1cc([N+](=O)[O-])cc(NCc2cccc(C)n2)n1. The van der Waals surface area contributed by atoms with Crippen molar-refractivity contribution in [3.8, 4) is 0 Å². The molecule has 0 spiro atoms. The van der Waals surface area contributed by atoms with E-state index in [0.717, 1.165) is 11.4 Å². The number of anilines is 2. The molecule has 0 aliphatic rings. The molecule has 0 unspecified atom stereocenters. The van der Waals surface area contributed by atoms with Gasteiger partial charge in [0.15, 0.2) is 0 Å². The molecule has 2 aromatic heterocycles. The van der Waals surface area contributed by atoms with E-state index in [9.17, 15) is 10.1 Å². The molecule has 0 aromatic carbocycles. The molecule has 0 bridgehead atoms. The number of hydrogen-bond donors (Lipinski definition) is 2. The summed E-state index contributed by atoms with van der Waals surface area (Å²) in [7, 11) is 1.66. The lowest BCUT2D eigenvalue weighted by Crippen LogP contribution is -2.05. The maximum Gasteiger partial charge on any atom is 0.276 e. The number of aryl methyl sites for hydroxylation is 1. The van der Waals surface area contributed by atoms with Crippen molar-refractivity contribution >= 4 is 17.3 Å². The third-order valence-electron chi connectivity index (χ3n) is 2.67. The van der Waals surface area contributed by atoms with Crippen molar-refractivity contribution in [3.63, 3.8) is 0 Å². The Morgan fingerprint density at radius 1 is 1.25 bits per heavy atom. The number of nitrogens with one attached hydrogen (secondary N) is 2. The largest absolute Gasteiger partial charge is 0.373 e. The number of hydrogen-bond acceptors (Lipinski definition) is 6. The average Bonchev–Trinajstić information content (AvgIpc) is 2.45. The van der Waals surface area contributed by atoms with Gasteiger partial charge in [-0.05, 0) is 19.1 Å². The number of aromatic nitrogens is 2. The highest BCUT2D eigenvalue weighted by molar-refractivity contribution is 5.54. The van der Waals surface area contributed by atoms with E-state index >= 15 is 0 Å². The molecule has 7 nitrogen and oxygen atoms in total. The summed E-state index contributed by atoms with van der Waals surface area (Å²) in [4.78, 5) is 19.0. The van der Waals surface area contributed by atoms with E-state index in [0.29, 0.717) is 18.2 Å². The van der Waals surface area contributed by atoms with Crippen molar-refractivity contribution in [1.29, 1.82) is 0 Å². The Morgan fingerprint density at radius 3 is 2.65 bits per heavy atom. The van der Waals surface area contributed by atoms with Crippen LogP contribution in [0.5, 0.6) is 0 Å². The molecule has 0 amide bonds. The summed E-state index contributed by atoms with van der Waals surface area (Å²) in [6.07, 6.45) is 0. The third-order valence-corrected chi connectivity index (χ3v) is 2.67. The average molecular weight is 273 g/mol. The zero-order chi connectivity index (χ0) is 14.5. The van der Waals surface area contributed by atoms with Gasteiger partial charge in [0.1, 0.15) is 11.6 Å². The molecule has 2 heterocycles. The van der Waals surface area contributed by atoms with Gasteiger partial charge >= 0.3 is 0 Å². The Bertz CT molecular complexity index is 630. The van der Waals surface area contributed by atoms with E-state index in [1.54, 1.807) is 7.05 Å². The summed E-state index contributed by atoms with van der Waals surface area (Å²) in [6, 6.07) is 8.50. The molecule has 0 aliphatic carbocycles. The summed E-state index contributed by atoms with van der Waals surface area (Å²) in [5.74, 6) is 0.880. The first-order chi connectivity index (χ1) is 9.58. The van der Waals surface area contributed by atoms with Gasteiger partial charge in [-0.3, -0.25) is 15.1 Å². The second-order valence-electron chi connectivity index (χ2n) is 4.23. The van der Waals surface area contributed by atoms with Gasteiger partial charge in [-0.1, -0.05) is 6.07 Å². The lowest BCUT2D eigenvalue weighted by molar-refractivity contribution is -0.384. The number of nitro groups is 1. The monoisotopic (exact) mass is 273 g/mol. The third kappa shape index (κ3) is 3.41. The molecule has 0 saturated heterocycles. The Kier molecular flexibility index (Phi) is 4.09. The van der Waals surface area contributed by atoms with Crippen LogP contribution in [-0.2, 0) is 6.54 Å². The Labute approximate surface area is 116 Å². The van der Waals surface area contributed by atoms with Crippen molar-refractivity contribution < 1.29 is 4.92 Å². The van der Waals surface area contributed by atoms with Gasteiger partial charge in [0.25, 0.3) is 5.69 Å². The molecule has 2 N–H and O–H groups in total. The van der Waals surface area contributed by atoms with E-state index in [4.69, 9.17) is 0 Å². The minimum absolute atomic E-state index is 0.0101. The van der Waals surface area contributed by atoms with Crippen LogP contribution < -0.4 is 10.6 Å². The molecule has 0 radical (unpaired) electrons. The van der Waals surface area contributed by atoms with Crippen LogP contribution in [-0.4, -0.2) is 21.9 Å². The zero-order valence-corrected chi connectivity index (χ0v) is 11.3.